The van der Waals surface area contributed by atoms with E-state index in [9.17, 15) is 9.59 Å². The summed E-state index contributed by atoms with van der Waals surface area (Å²) in [6, 6.07) is 7.33. The van der Waals surface area contributed by atoms with Gasteiger partial charge in [-0.1, -0.05) is 25.1 Å². The van der Waals surface area contributed by atoms with Gasteiger partial charge in [0.25, 0.3) is 0 Å². The molecule has 2 aromatic rings. The van der Waals surface area contributed by atoms with Crippen molar-refractivity contribution in [2.24, 2.45) is 0 Å². The Hall–Kier alpha value is -2.55. The summed E-state index contributed by atoms with van der Waals surface area (Å²) in [5.41, 5.74) is 0.941. The molecule has 0 spiro atoms. The lowest BCUT2D eigenvalue weighted by Crippen LogP contribution is -2.35. The number of thioether (sulfide) groups is 1. The van der Waals surface area contributed by atoms with Crippen LogP contribution in [-0.2, 0) is 11.3 Å². The number of ether oxygens (including phenoxy) is 1. The number of hydrogen-bond acceptors (Lipinski definition) is 6. The van der Waals surface area contributed by atoms with Crippen LogP contribution in [0.5, 0.6) is 5.75 Å². The Balaban J connectivity index is 1.76. The normalized spacial score (nSPS) is 13.7. The highest BCUT2D eigenvalue weighted by molar-refractivity contribution is 7.99. The molecular formula is C18H23N5O3S. The molecule has 0 aliphatic carbocycles. The van der Waals surface area contributed by atoms with Crippen LogP contribution in [-0.4, -0.2) is 57.6 Å². The highest BCUT2D eigenvalue weighted by atomic mass is 32.2. The summed E-state index contributed by atoms with van der Waals surface area (Å²) in [4.78, 5) is 25.1. The fourth-order valence-electron chi connectivity index (χ4n) is 2.78. The van der Waals surface area contributed by atoms with E-state index in [4.69, 9.17) is 4.74 Å². The van der Waals surface area contributed by atoms with E-state index >= 15 is 0 Å². The SMILES string of the molecule is CCCCn1c(SCC(=O)N2CCNC2=O)nnc1-c1ccc(OC)cc1. The number of carbonyl (C=O) groups excluding carboxylic acids is 2. The van der Waals surface area contributed by atoms with Crippen LogP contribution in [0.15, 0.2) is 29.4 Å². The fraction of sp³-hybridized carbons (Fsp3) is 0.444. The third kappa shape index (κ3) is 4.41. The zero-order chi connectivity index (χ0) is 19.2. The van der Waals surface area contributed by atoms with E-state index in [1.165, 1.54) is 16.7 Å². The first-order chi connectivity index (χ1) is 13.1. The zero-order valence-electron chi connectivity index (χ0n) is 15.5. The smallest absolute Gasteiger partial charge is 0.324 e. The van der Waals surface area contributed by atoms with E-state index in [1.807, 2.05) is 28.8 Å². The van der Waals surface area contributed by atoms with Gasteiger partial charge in [-0.15, -0.1) is 10.2 Å². The Morgan fingerprint density at radius 2 is 2.07 bits per heavy atom. The molecule has 1 aromatic heterocycles. The number of rotatable bonds is 8. The third-order valence-corrected chi connectivity index (χ3v) is 5.23. The highest BCUT2D eigenvalue weighted by Gasteiger charge is 2.26. The van der Waals surface area contributed by atoms with Crippen molar-refractivity contribution in [1.29, 1.82) is 0 Å². The van der Waals surface area contributed by atoms with Gasteiger partial charge in [0.15, 0.2) is 11.0 Å². The van der Waals surface area contributed by atoms with Crippen molar-refractivity contribution in [1.82, 2.24) is 25.0 Å². The Morgan fingerprint density at radius 3 is 2.70 bits per heavy atom. The van der Waals surface area contributed by atoms with Crippen LogP contribution >= 0.6 is 11.8 Å². The molecule has 1 fully saturated rings. The van der Waals surface area contributed by atoms with Gasteiger partial charge in [0.1, 0.15) is 5.75 Å². The molecule has 0 atom stereocenters. The molecule has 0 unspecified atom stereocenters. The Morgan fingerprint density at radius 1 is 1.30 bits per heavy atom. The topological polar surface area (TPSA) is 89.4 Å². The first-order valence-electron chi connectivity index (χ1n) is 8.92. The van der Waals surface area contributed by atoms with Crippen LogP contribution in [0.25, 0.3) is 11.4 Å². The summed E-state index contributed by atoms with van der Waals surface area (Å²) < 4.78 is 7.24. The standard InChI is InChI=1S/C18H23N5O3S/c1-3-4-10-23-16(13-5-7-14(26-2)8-6-13)20-21-18(23)27-12-15(24)22-11-9-19-17(22)25/h5-8H,3-4,9-12H2,1-2H3,(H,19,25). The number of benzene rings is 1. The number of hydrogen-bond donors (Lipinski definition) is 1. The average Bonchev–Trinajstić information content (AvgIpc) is 3.30. The number of unbranched alkanes of at least 4 members (excludes halogenated alkanes) is 1. The Labute approximate surface area is 162 Å². The Kier molecular flexibility index (Phi) is 6.33. The number of carbonyl (C=O) groups is 2. The van der Waals surface area contributed by atoms with Gasteiger partial charge in [-0.25, -0.2) is 4.79 Å². The van der Waals surface area contributed by atoms with E-state index < -0.39 is 0 Å². The van der Waals surface area contributed by atoms with Gasteiger partial charge in [-0.2, -0.15) is 0 Å². The van der Waals surface area contributed by atoms with Crippen LogP contribution in [0.4, 0.5) is 4.79 Å². The summed E-state index contributed by atoms with van der Waals surface area (Å²) in [7, 11) is 1.63. The minimum absolute atomic E-state index is 0.153. The number of methoxy groups -OCH3 is 1. The molecule has 0 saturated carbocycles. The largest absolute Gasteiger partial charge is 0.497 e. The number of imide groups is 1. The molecule has 1 N–H and O–H groups in total. The Bertz CT molecular complexity index is 806. The minimum Gasteiger partial charge on any atom is -0.497 e. The minimum atomic E-state index is -0.327. The van der Waals surface area contributed by atoms with E-state index in [0.29, 0.717) is 18.2 Å². The molecular weight excluding hydrogens is 366 g/mol. The molecule has 144 valence electrons. The maximum absolute atomic E-state index is 12.3. The van der Waals surface area contributed by atoms with E-state index in [0.717, 1.165) is 36.5 Å². The van der Waals surface area contributed by atoms with Crippen LogP contribution in [0.1, 0.15) is 19.8 Å². The van der Waals surface area contributed by atoms with Crippen molar-refractivity contribution in [3.63, 3.8) is 0 Å². The van der Waals surface area contributed by atoms with Crippen LogP contribution in [0.3, 0.4) is 0 Å². The lowest BCUT2D eigenvalue weighted by Gasteiger charge is -2.12. The fourth-order valence-corrected chi connectivity index (χ4v) is 3.62. The molecule has 3 amide bonds. The predicted octanol–water partition coefficient (Wildman–Crippen LogP) is 2.40. The first kappa shape index (κ1) is 19.2. The summed E-state index contributed by atoms with van der Waals surface area (Å²) in [6.45, 7) is 3.81. The zero-order valence-corrected chi connectivity index (χ0v) is 16.3. The second-order valence-corrected chi connectivity index (χ2v) is 7.05. The van der Waals surface area contributed by atoms with Crippen molar-refractivity contribution in [3.05, 3.63) is 24.3 Å². The molecule has 27 heavy (non-hydrogen) atoms. The second-order valence-electron chi connectivity index (χ2n) is 6.11. The highest BCUT2D eigenvalue weighted by Crippen LogP contribution is 2.26. The first-order valence-corrected chi connectivity index (χ1v) is 9.91. The molecule has 0 radical (unpaired) electrons. The average molecular weight is 389 g/mol. The third-order valence-electron chi connectivity index (χ3n) is 4.28. The summed E-state index contributed by atoms with van der Waals surface area (Å²) in [6.07, 6.45) is 2.02. The molecule has 2 heterocycles. The molecule has 0 bridgehead atoms. The van der Waals surface area contributed by atoms with Gasteiger partial charge < -0.3 is 14.6 Å². The number of urea groups is 1. The lowest BCUT2D eigenvalue weighted by atomic mass is 10.2. The molecule has 9 heteroatoms. The van der Waals surface area contributed by atoms with Crippen molar-refractivity contribution in [2.45, 2.75) is 31.5 Å². The van der Waals surface area contributed by atoms with Crippen molar-refractivity contribution in [3.8, 4) is 17.1 Å². The molecule has 1 saturated heterocycles. The maximum Gasteiger partial charge on any atom is 0.324 e. The number of nitrogens with one attached hydrogen (secondary N) is 1. The maximum atomic E-state index is 12.3. The van der Waals surface area contributed by atoms with Crippen LogP contribution in [0.2, 0.25) is 0 Å². The quantitative estimate of drug-likeness (QED) is 0.698. The summed E-state index contributed by atoms with van der Waals surface area (Å²) in [5, 5.41) is 11.9. The lowest BCUT2D eigenvalue weighted by molar-refractivity contribution is -0.124. The van der Waals surface area contributed by atoms with Crippen LogP contribution < -0.4 is 10.1 Å². The number of aromatic nitrogens is 3. The van der Waals surface area contributed by atoms with Gasteiger partial charge in [-0.05, 0) is 30.7 Å². The van der Waals surface area contributed by atoms with E-state index in [1.54, 1.807) is 7.11 Å². The van der Waals surface area contributed by atoms with Gasteiger partial charge in [0.05, 0.1) is 12.9 Å². The van der Waals surface area contributed by atoms with Crippen molar-refractivity contribution < 1.29 is 14.3 Å². The number of nitrogens with zero attached hydrogens (tertiary/aromatic N) is 4. The molecule has 1 aromatic carbocycles. The molecule has 3 rings (SSSR count). The molecule has 8 nitrogen and oxygen atoms in total. The van der Waals surface area contributed by atoms with Crippen molar-refractivity contribution in [2.75, 3.05) is 26.0 Å². The molecule has 1 aliphatic rings. The van der Waals surface area contributed by atoms with E-state index in [2.05, 4.69) is 22.4 Å². The van der Waals surface area contributed by atoms with E-state index in [-0.39, 0.29) is 17.7 Å². The number of amides is 3. The monoisotopic (exact) mass is 389 g/mol. The van der Waals surface area contributed by atoms with Gasteiger partial charge in [-0.3, -0.25) is 9.69 Å². The molecule has 1 aliphatic heterocycles. The predicted molar refractivity (Wildman–Crippen MR) is 103 cm³/mol. The van der Waals surface area contributed by atoms with Gasteiger partial charge in [0.2, 0.25) is 5.91 Å². The summed E-state index contributed by atoms with van der Waals surface area (Å²) >= 11 is 1.31. The van der Waals surface area contributed by atoms with Gasteiger partial charge >= 0.3 is 6.03 Å². The summed E-state index contributed by atoms with van der Waals surface area (Å²) in [5.74, 6) is 1.48. The van der Waals surface area contributed by atoms with Gasteiger partial charge in [0, 0.05) is 25.2 Å². The van der Waals surface area contributed by atoms with Crippen molar-refractivity contribution >= 4 is 23.7 Å². The van der Waals surface area contributed by atoms with Crippen LogP contribution in [0, 0.1) is 0 Å². The second kappa shape index (κ2) is 8.90.